The highest BCUT2D eigenvalue weighted by Gasteiger charge is 2.41. The van der Waals surface area contributed by atoms with Crippen LogP contribution in [0.2, 0.25) is 0 Å². The van der Waals surface area contributed by atoms with E-state index in [0.29, 0.717) is 11.6 Å². The van der Waals surface area contributed by atoms with Gasteiger partial charge in [0, 0.05) is 68.7 Å². The molecule has 0 amide bonds. The Balaban J connectivity index is 0.727. The molecule has 3 aliphatic carbocycles. The molecule has 4 aromatic heterocycles. The monoisotopic (exact) mass is 1020 g/mol. The van der Waals surface area contributed by atoms with Gasteiger partial charge in [-0.15, -0.1) is 0 Å². The van der Waals surface area contributed by atoms with Crippen LogP contribution in [0.4, 0.5) is 0 Å². The molecule has 0 aliphatic heterocycles. The summed E-state index contributed by atoms with van der Waals surface area (Å²) in [4.78, 5) is 29.6. The fraction of sp³-hybridized carbons (Fsp3) is 0.0270. The molecule has 6 heteroatoms. The largest absolute Gasteiger partial charge is 0.256 e. The normalized spacial score (nSPS) is 13.8. The molecule has 0 radical (unpaired) electrons. The van der Waals surface area contributed by atoms with Gasteiger partial charge in [-0.3, -0.25) is 9.97 Å². The quantitative estimate of drug-likeness (QED) is 0.136. The summed E-state index contributed by atoms with van der Waals surface area (Å²) in [5.74, 6) is 1.64. The molecule has 9 aromatic carbocycles. The van der Waals surface area contributed by atoms with Crippen molar-refractivity contribution in [2.75, 3.05) is 0 Å². The summed E-state index contributed by atoms with van der Waals surface area (Å²) in [5.41, 5.74) is 26.6. The maximum Gasteiger partial charge on any atom is 0.160 e. The minimum Gasteiger partial charge on any atom is -0.256 e. The van der Waals surface area contributed by atoms with E-state index in [-0.39, 0.29) is 11.8 Å². The summed E-state index contributed by atoms with van der Waals surface area (Å²) >= 11 is 0. The van der Waals surface area contributed by atoms with Crippen molar-refractivity contribution in [2.45, 2.75) is 11.8 Å². The highest BCUT2D eigenvalue weighted by Crippen LogP contribution is 2.57. The van der Waals surface area contributed by atoms with E-state index >= 15 is 0 Å². The van der Waals surface area contributed by atoms with Crippen molar-refractivity contribution < 1.29 is 0 Å². The Morgan fingerprint density at radius 1 is 0.188 bits per heavy atom. The lowest BCUT2D eigenvalue weighted by atomic mass is 9.60. The third kappa shape index (κ3) is 8.56. The smallest absolute Gasteiger partial charge is 0.160 e. The van der Waals surface area contributed by atoms with Gasteiger partial charge in [-0.1, -0.05) is 218 Å². The van der Waals surface area contributed by atoms with E-state index < -0.39 is 0 Å². The van der Waals surface area contributed by atoms with E-state index in [0.717, 1.165) is 89.8 Å². The molecule has 0 saturated heterocycles. The van der Waals surface area contributed by atoms with Crippen LogP contribution >= 0.6 is 0 Å². The number of benzene rings is 9. The summed E-state index contributed by atoms with van der Waals surface area (Å²) < 4.78 is 0. The number of rotatable bonds is 10. The topological polar surface area (TPSA) is 77.3 Å². The van der Waals surface area contributed by atoms with Gasteiger partial charge < -0.3 is 0 Å². The highest BCUT2D eigenvalue weighted by atomic mass is 14.9. The molecular formula is C74H48N6. The standard InChI is InChI=1S/C74H48N6/c1-3-13-55(14-4-1)73-77-67(45-69(79-73)53-33-29-49(30-34-53)65-19-9-11-41-75-65)51-25-21-47(22-26-51)57-37-39-61-63(43-57)71-59-17-7-8-18-60(59)72(61)64-44-58(38-40-62(64)71)48-23-27-52(28-24-48)68-46-70(80-74(78-68)56-15-5-2-6-16-56)54-35-31-50(32-36-54)66-20-10-12-42-76-66/h1-46,71-72H. The van der Waals surface area contributed by atoms with Gasteiger partial charge in [0.05, 0.1) is 34.2 Å². The molecule has 2 atom stereocenters. The zero-order valence-electron chi connectivity index (χ0n) is 43.4. The molecule has 6 nitrogen and oxygen atoms in total. The third-order valence-electron chi connectivity index (χ3n) is 15.9. The first-order chi connectivity index (χ1) is 39.6. The molecule has 0 fully saturated rings. The van der Waals surface area contributed by atoms with Crippen molar-refractivity contribution in [1.29, 1.82) is 0 Å². The Kier molecular flexibility index (Phi) is 11.6. The van der Waals surface area contributed by atoms with Crippen LogP contribution < -0.4 is 0 Å². The van der Waals surface area contributed by atoms with Gasteiger partial charge in [-0.25, -0.2) is 19.9 Å². The van der Waals surface area contributed by atoms with E-state index in [1.54, 1.807) is 0 Å². The summed E-state index contributed by atoms with van der Waals surface area (Å²) in [7, 11) is 0. The Hall–Kier alpha value is -10.6. The molecule has 13 aromatic rings. The average Bonchev–Trinajstić information content (AvgIpc) is 3.55. The summed E-state index contributed by atoms with van der Waals surface area (Å²) in [5, 5.41) is 0. The second kappa shape index (κ2) is 19.8. The predicted molar refractivity (Wildman–Crippen MR) is 322 cm³/mol. The average molecular weight is 1020 g/mol. The Morgan fingerprint density at radius 2 is 0.475 bits per heavy atom. The van der Waals surface area contributed by atoms with E-state index in [1.165, 1.54) is 44.5 Å². The van der Waals surface area contributed by atoms with Gasteiger partial charge in [0.2, 0.25) is 0 Å². The molecule has 0 saturated carbocycles. The second-order valence-corrected chi connectivity index (χ2v) is 20.6. The first kappa shape index (κ1) is 46.7. The molecule has 4 heterocycles. The van der Waals surface area contributed by atoms with Crippen molar-refractivity contribution in [3.8, 4) is 113 Å². The second-order valence-electron chi connectivity index (χ2n) is 20.6. The lowest BCUT2D eigenvalue weighted by Crippen LogP contribution is -2.27. The molecule has 80 heavy (non-hydrogen) atoms. The molecule has 3 aliphatic rings. The van der Waals surface area contributed by atoms with Crippen LogP contribution in [0.15, 0.2) is 279 Å². The van der Waals surface area contributed by atoms with Crippen LogP contribution in [-0.4, -0.2) is 29.9 Å². The van der Waals surface area contributed by atoms with Crippen LogP contribution in [0, 0.1) is 0 Å². The van der Waals surface area contributed by atoms with E-state index in [1.807, 2.05) is 85.2 Å². The lowest BCUT2D eigenvalue weighted by molar-refractivity contribution is 0.755. The van der Waals surface area contributed by atoms with Gasteiger partial charge >= 0.3 is 0 Å². The highest BCUT2D eigenvalue weighted by molar-refractivity contribution is 5.80. The van der Waals surface area contributed by atoms with E-state index in [2.05, 4.69) is 204 Å². The van der Waals surface area contributed by atoms with E-state index in [9.17, 15) is 0 Å². The number of pyridine rings is 2. The SMILES string of the molecule is c1ccc(-c2nc(-c3ccc(-c4ccc5c(c4)C4c6ccccc6C5c5cc(-c6ccc(-c7cc(-c8ccc(-c9ccccn9)cc8)nc(-c8ccccc8)n7)cc6)ccc54)cc3)cc(-c3ccc(-c4ccccn4)cc3)n2)cc1. The number of nitrogens with zero attached hydrogens (tertiary/aromatic N) is 6. The fourth-order valence-corrected chi connectivity index (χ4v) is 11.9. The van der Waals surface area contributed by atoms with E-state index in [4.69, 9.17) is 19.9 Å². The molecule has 2 bridgehead atoms. The number of hydrogen-bond donors (Lipinski definition) is 0. The van der Waals surface area contributed by atoms with Crippen LogP contribution in [0.5, 0.6) is 0 Å². The number of aromatic nitrogens is 6. The molecule has 374 valence electrons. The minimum atomic E-state index is 0.127. The lowest BCUT2D eigenvalue weighted by Gasteiger charge is -2.42. The molecular weight excluding hydrogens is 973 g/mol. The predicted octanol–water partition coefficient (Wildman–Crippen LogP) is 17.7. The van der Waals surface area contributed by atoms with Crippen molar-refractivity contribution in [1.82, 2.24) is 29.9 Å². The van der Waals surface area contributed by atoms with Gasteiger partial charge in [-0.2, -0.15) is 0 Å². The first-order valence-corrected chi connectivity index (χ1v) is 27.1. The van der Waals surface area contributed by atoms with Crippen molar-refractivity contribution >= 4 is 0 Å². The molecule has 16 rings (SSSR count). The number of hydrogen-bond acceptors (Lipinski definition) is 6. The first-order valence-electron chi connectivity index (χ1n) is 27.1. The Bertz CT molecular complexity index is 4130. The van der Waals surface area contributed by atoms with Gasteiger partial charge in [0.1, 0.15) is 0 Å². The van der Waals surface area contributed by atoms with Crippen LogP contribution in [0.3, 0.4) is 0 Å². The summed E-state index contributed by atoms with van der Waals surface area (Å²) in [6, 6.07) is 94.6. The molecule has 0 spiro atoms. The van der Waals surface area contributed by atoms with Gasteiger partial charge in [-0.05, 0) is 104 Å². The Labute approximate surface area is 464 Å². The maximum absolute atomic E-state index is 5.14. The zero-order chi connectivity index (χ0) is 52.9. The Morgan fingerprint density at radius 3 is 0.812 bits per heavy atom. The zero-order valence-corrected chi connectivity index (χ0v) is 43.4. The van der Waals surface area contributed by atoms with Crippen molar-refractivity contribution in [2.24, 2.45) is 0 Å². The van der Waals surface area contributed by atoms with Crippen molar-refractivity contribution in [3.63, 3.8) is 0 Å². The minimum absolute atomic E-state index is 0.127. The van der Waals surface area contributed by atoms with Gasteiger partial charge in [0.15, 0.2) is 11.6 Å². The van der Waals surface area contributed by atoms with Crippen LogP contribution in [-0.2, 0) is 0 Å². The summed E-state index contributed by atoms with van der Waals surface area (Å²) in [6.45, 7) is 0. The molecule has 0 N–H and O–H groups in total. The molecule has 2 unspecified atom stereocenters. The summed E-state index contributed by atoms with van der Waals surface area (Å²) in [6.07, 6.45) is 3.65. The van der Waals surface area contributed by atoms with Gasteiger partial charge in [0.25, 0.3) is 0 Å². The maximum atomic E-state index is 5.14. The third-order valence-corrected chi connectivity index (χ3v) is 15.9. The van der Waals surface area contributed by atoms with Crippen LogP contribution in [0.25, 0.3) is 113 Å². The van der Waals surface area contributed by atoms with Crippen molar-refractivity contribution in [3.05, 3.63) is 313 Å². The van der Waals surface area contributed by atoms with Crippen LogP contribution in [0.1, 0.15) is 45.2 Å². The fourth-order valence-electron chi connectivity index (χ4n) is 11.9.